The van der Waals surface area contributed by atoms with Gasteiger partial charge in [0.25, 0.3) is 5.69 Å². The largest absolute Gasteiger partial charge is 0.508 e. The zero-order valence-corrected chi connectivity index (χ0v) is 10.4. The highest BCUT2D eigenvalue weighted by Crippen LogP contribution is 2.29. The van der Waals surface area contributed by atoms with E-state index in [9.17, 15) is 20.0 Å². The van der Waals surface area contributed by atoms with E-state index in [1.807, 2.05) is 6.92 Å². The molecule has 1 amide bonds. The average Bonchev–Trinajstić information content (AvgIpc) is 2.77. The fraction of sp³-hybridized carbons (Fsp3) is 0.417. The molecule has 2 rings (SSSR count). The zero-order chi connectivity index (χ0) is 14.0. The first-order valence-corrected chi connectivity index (χ1v) is 5.98. The van der Waals surface area contributed by atoms with E-state index in [-0.39, 0.29) is 34.9 Å². The second kappa shape index (κ2) is 5.23. The molecular formula is C12H15N3O4. The number of aromatic hydroxyl groups is 1. The quantitative estimate of drug-likeness (QED) is 0.431. The number of anilines is 1. The summed E-state index contributed by atoms with van der Waals surface area (Å²) in [5.41, 5.74) is -0.209. The standard InChI is InChI=1S/C12H15N3O4/c1-7-5-13-6-9(7)12(17)14-10-3-2-8(16)4-11(10)15(18)19/h2-4,7,9,13,16H,5-6H2,1H3,(H,14,17). The number of phenolic OH excluding ortho intramolecular Hbond substituents is 1. The molecule has 1 aliphatic heterocycles. The van der Waals surface area contributed by atoms with Crippen molar-refractivity contribution in [2.45, 2.75) is 6.92 Å². The average molecular weight is 265 g/mol. The van der Waals surface area contributed by atoms with E-state index in [4.69, 9.17) is 0 Å². The third-order valence-electron chi connectivity index (χ3n) is 3.29. The van der Waals surface area contributed by atoms with Crippen molar-refractivity contribution in [3.8, 4) is 5.75 Å². The molecule has 2 unspecified atom stereocenters. The summed E-state index contributed by atoms with van der Waals surface area (Å²) in [7, 11) is 0. The van der Waals surface area contributed by atoms with Crippen LogP contribution in [0.25, 0.3) is 0 Å². The molecule has 1 heterocycles. The smallest absolute Gasteiger partial charge is 0.296 e. The number of benzene rings is 1. The molecule has 1 aliphatic rings. The van der Waals surface area contributed by atoms with E-state index in [0.29, 0.717) is 6.54 Å². The minimum absolute atomic E-state index is 0.104. The summed E-state index contributed by atoms with van der Waals surface area (Å²) in [5.74, 6) is -0.462. The van der Waals surface area contributed by atoms with Gasteiger partial charge in [-0.2, -0.15) is 0 Å². The molecule has 1 aromatic carbocycles. The maximum atomic E-state index is 12.0. The van der Waals surface area contributed by atoms with Gasteiger partial charge in [-0.1, -0.05) is 6.92 Å². The van der Waals surface area contributed by atoms with Gasteiger partial charge in [0.2, 0.25) is 5.91 Å². The topological polar surface area (TPSA) is 104 Å². The van der Waals surface area contributed by atoms with E-state index >= 15 is 0 Å². The van der Waals surface area contributed by atoms with Crippen LogP contribution in [0.2, 0.25) is 0 Å². The summed E-state index contributed by atoms with van der Waals surface area (Å²) in [4.78, 5) is 22.3. The Balaban J connectivity index is 2.19. The van der Waals surface area contributed by atoms with Crippen LogP contribution >= 0.6 is 0 Å². The minimum atomic E-state index is -0.633. The van der Waals surface area contributed by atoms with Gasteiger partial charge in [0.1, 0.15) is 11.4 Å². The molecule has 0 aromatic heterocycles. The van der Waals surface area contributed by atoms with Gasteiger partial charge in [0.15, 0.2) is 0 Å². The van der Waals surface area contributed by atoms with Gasteiger partial charge < -0.3 is 15.7 Å². The lowest BCUT2D eigenvalue weighted by atomic mass is 9.97. The van der Waals surface area contributed by atoms with E-state index in [1.54, 1.807) is 0 Å². The monoisotopic (exact) mass is 265 g/mol. The first-order chi connectivity index (χ1) is 8.99. The molecular weight excluding hydrogens is 250 g/mol. The van der Waals surface area contributed by atoms with Crippen LogP contribution in [0.15, 0.2) is 18.2 Å². The fourth-order valence-electron chi connectivity index (χ4n) is 2.16. The summed E-state index contributed by atoms with van der Waals surface area (Å²) in [6.07, 6.45) is 0. The number of phenols is 1. The number of nitrogens with zero attached hydrogens (tertiary/aromatic N) is 1. The molecule has 1 fully saturated rings. The summed E-state index contributed by atoms with van der Waals surface area (Å²) >= 11 is 0. The molecule has 7 nitrogen and oxygen atoms in total. The molecule has 7 heteroatoms. The summed E-state index contributed by atoms with van der Waals surface area (Å²) in [5, 5.41) is 25.8. The van der Waals surface area contributed by atoms with Crippen molar-refractivity contribution in [2.24, 2.45) is 11.8 Å². The molecule has 19 heavy (non-hydrogen) atoms. The van der Waals surface area contributed by atoms with Crippen LogP contribution in [0.5, 0.6) is 5.75 Å². The van der Waals surface area contributed by atoms with Gasteiger partial charge >= 0.3 is 0 Å². The van der Waals surface area contributed by atoms with Crippen LogP contribution in [0.4, 0.5) is 11.4 Å². The maximum Gasteiger partial charge on any atom is 0.296 e. The Morgan fingerprint density at radius 1 is 1.53 bits per heavy atom. The van der Waals surface area contributed by atoms with Crippen molar-refractivity contribution >= 4 is 17.3 Å². The van der Waals surface area contributed by atoms with Crippen molar-refractivity contribution in [1.29, 1.82) is 0 Å². The minimum Gasteiger partial charge on any atom is -0.508 e. The van der Waals surface area contributed by atoms with E-state index in [1.165, 1.54) is 12.1 Å². The maximum absolute atomic E-state index is 12.0. The number of hydrogen-bond donors (Lipinski definition) is 3. The van der Waals surface area contributed by atoms with Crippen molar-refractivity contribution in [1.82, 2.24) is 5.32 Å². The number of nitrogens with one attached hydrogen (secondary N) is 2. The van der Waals surface area contributed by atoms with Crippen molar-refractivity contribution < 1.29 is 14.8 Å². The number of carbonyl (C=O) groups excluding carboxylic acids is 1. The third-order valence-corrected chi connectivity index (χ3v) is 3.29. The normalized spacial score (nSPS) is 22.2. The van der Waals surface area contributed by atoms with Crippen LogP contribution in [-0.4, -0.2) is 29.0 Å². The van der Waals surface area contributed by atoms with Gasteiger partial charge in [0.05, 0.1) is 16.9 Å². The molecule has 0 saturated carbocycles. The lowest BCUT2D eigenvalue weighted by Gasteiger charge is -2.14. The Morgan fingerprint density at radius 3 is 2.84 bits per heavy atom. The predicted molar refractivity (Wildman–Crippen MR) is 68.9 cm³/mol. The Labute approximate surface area is 109 Å². The summed E-state index contributed by atoms with van der Waals surface area (Å²) < 4.78 is 0. The van der Waals surface area contributed by atoms with Crippen molar-refractivity contribution in [3.05, 3.63) is 28.3 Å². The molecule has 0 bridgehead atoms. The number of hydrogen-bond acceptors (Lipinski definition) is 5. The number of rotatable bonds is 3. The molecule has 0 radical (unpaired) electrons. The Morgan fingerprint density at radius 2 is 2.26 bits per heavy atom. The predicted octanol–water partition coefficient (Wildman–Crippen LogP) is 1.09. The van der Waals surface area contributed by atoms with E-state index < -0.39 is 4.92 Å². The van der Waals surface area contributed by atoms with Crippen molar-refractivity contribution in [2.75, 3.05) is 18.4 Å². The Kier molecular flexibility index (Phi) is 3.66. The van der Waals surface area contributed by atoms with Gasteiger partial charge in [-0.3, -0.25) is 14.9 Å². The molecule has 0 aliphatic carbocycles. The van der Waals surface area contributed by atoms with Crippen LogP contribution in [0, 0.1) is 22.0 Å². The van der Waals surface area contributed by atoms with Crippen LogP contribution in [0.3, 0.4) is 0 Å². The lowest BCUT2D eigenvalue weighted by Crippen LogP contribution is -2.28. The fourth-order valence-corrected chi connectivity index (χ4v) is 2.16. The molecule has 1 saturated heterocycles. The van der Waals surface area contributed by atoms with Crippen molar-refractivity contribution in [3.63, 3.8) is 0 Å². The number of amides is 1. The number of nitro benzene ring substituents is 1. The summed E-state index contributed by atoms with van der Waals surface area (Å²) in [6, 6.07) is 3.66. The highest BCUT2D eigenvalue weighted by atomic mass is 16.6. The first-order valence-electron chi connectivity index (χ1n) is 5.98. The second-order valence-corrected chi connectivity index (χ2v) is 4.69. The SMILES string of the molecule is CC1CNCC1C(=O)Nc1ccc(O)cc1[N+](=O)[O-]. The second-order valence-electron chi connectivity index (χ2n) is 4.69. The first kappa shape index (κ1) is 13.3. The molecule has 102 valence electrons. The van der Waals surface area contributed by atoms with E-state index in [0.717, 1.165) is 12.6 Å². The van der Waals surface area contributed by atoms with E-state index in [2.05, 4.69) is 10.6 Å². The van der Waals surface area contributed by atoms with Gasteiger partial charge in [-0.25, -0.2) is 0 Å². The number of carbonyl (C=O) groups is 1. The van der Waals surface area contributed by atoms with Gasteiger partial charge in [-0.15, -0.1) is 0 Å². The van der Waals surface area contributed by atoms with Crippen LogP contribution in [0.1, 0.15) is 6.92 Å². The highest BCUT2D eigenvalue weighted by molar-refractivity contribution is 5.95. The third kappa shape index (κ3) is 2.82. The molecule has 3 N–H and O–H groups in total. The lowest BCUT2D eigenvalue weighted by molar-refractivity contribution is -0.384. The number of nitro groups is 1. The van der Waals surface area contributed by atoms with Gasteiger partial charge in [0, 0.05) is 6.54 Å². The highest BCUT2D eigenvalue weighted by Gasteiger charge is 2.30. The molecule has 0 spiro atoms. The summed E-state index contributed by atoms with van der Waals surface area (Å²) in [6.45, 7) is 3.28. The Hall–Kier alpha value is -2.15. The van der Waals surface area contributed by atoms with Gasteiger partial charge in [-0.05, 0) is 24.6 Å². The van der Waals surface area contributed by atoms with Crippen LogP contribution in [-0.2, 0) is 4.79 Å². The zero-order valence-electron chi connectivity index (χ0n) is 10.4. The molecule has 1 aromatic rings. The van der Waals surface area contributed by atoms with Crippen LogP contribution < -0.4 is 10.6 Å². The Bertz CT molecular complexity index is 518. The molecule has 2 atom stereocenters.